The summed E-state index contributed by atoms with van der Waals surface area (Å²) in [5.41, 5.74) is 3.57. The number of anilines is 2. The van der Waals surface area contributed by atoms with Crippen LogP contribution in [0.15, 0.2) is 82.2 Å². The number of carbonyl (C=O) groups excluding carboxylic acids is 1. The van der Waals surface area contributed by atoms with Crippen molar-refractivity contribution in [2.45, 2.75) is 50.5 Å². The number of carbonyl (C=O) groups is 1. The van der Waals surface area contributed by atoms with Crippen molar-refractivity contribution in [3.8, 4) is 0 Å². The zero-order chi connectivity index (χ0) is 26.2. The molecule has 0 aliphatic carbocycles. The Morgan fingerprint density at radius 1 is 1.08 bits per heavy atom. The first-order valence-corrected chi connectivity index (χ1v) is 13.6. The Morgan fingerprint density at radius 2 is 1.81 bits per heavy atom. The van der Waals surface area contributed by atoms with E-state index in [2.05, 4.69) is 15.5 Å². The summed E-state index contributed by atoms with van der Waals surface area (Å²) in [6, 6.07) is 20.8. The molecule has 3 aromatic carbocycles. The molecule has 9 heteroatoms. The normalized spacial score (nSPS) is 15.1. The molecular formula is C28H28N4O4S. The third kappa shape index (κ3) is 4.99. The van der Waals surface area contributed by atoms with Crippen LogP contribution in [0.4, 0.5) is 11.4 Å². The third-order valence-corrected chi connectivity index (χ3v) is 8.29. The molecule has 1 unspecified atom stereocenters. The summed E-state index contributed by atoms with van der Waals surface area (Å²) in [7, 11) is -3.69. The van der Waals surface area contributed by atoms with Gasteiger partial charge in [-0.15, -0.1) is 0 Å². The molecule has 1 aromatic heterocycles. The van der Waals surface area contributed by atoms with Crippen LogP contribution in [-0.2, 0) is 22.9 Å². The minimum atomic E-state index is -3.69. The van der Waals surface area contributed by atoms with Gasteiger partial charge in [0.05, 0.1) is 10.6 Å². The van der Waals surface area contributed by atoms with Crippen molar-refractivity contribution < 1.29 is 17.7 Å². The van der Waals surface area contributed by atoms with Gasteiger partial charge in [-0.2, -0.15) is 4.98 Å². The second-order valence-corrected chi connectivity index (χ2v) is 11.4. The number of hydrogen-bond donors (Lipinski definition) is 1. The van der Waals surface area contributed by atoms with Gasteiger partial charge in [0, 0.05) is 29.6 Å². The van der Waals surface area contributed by atoms with Gasteiger partial charge in [0.1, 0.15) is 0 Å². The summed E-state index contributed by atoms with van der Waals surface area (Å²) in [6.45, 7) is 5.87. The molecule has 5 rings (SSSR count). The minimum Gasteiger partial charge on any atom is -0.339 e. The van der Waals surface area contributed by atoms with Gasteiger partial charge in [-0.25, -0.2) is 8.42 Å². The Morgan fingerprint density at radius 3 is 2.49 bits per heavy atom. The van der Waals surface area contributed by atoms with E-state index in [-0.39, 0.29) is 22.8 Å². The number of rotatable bonds is 7. The maximum absolute atomic E-state index is 13.3. The summed E-state index contributed by atoms with van der Waals surface area (Å²) in [4.78, 5) is 17.6. The van der Waals surface area contributed by atoms with Crippen LogP contribution in [0, 0.1) is 0 Å². The number of benzene rings is 3. The molecule has 2 heterocycles. The fraction of sp³-hybridized carbons (Fsp3) is 0.250. The van der Waals surface area contributed by atoms with E-state index in [0.717, 1.165) is 11.1 Å². The van der Waals surface area contributed by atoms with Crippen molar-refractivity contribution in [3.05, 3.63) is 101 Å². The van der Waals surface area contributed by atoms with Crippen LogP contribution in [0.5, 0.6) is 0 Å². The van der Waals surface area contributed by atoms with Crippen molar-refractivity contribution in [1.82, 2.24) is 10.1 Å². The van der Waals surface area contributed by atoms with Crippen molar-refractivity contribution >= 4 is 27.3 Å². The predicted octanol–water partition coefficient (Wildman–Crippen LogP) is 5.18. The van der Waals surface area contributed by atoms with E-state index in [4.69, 9.17) is 4.52 Å². The number of nitrogens with one attached hydrogen (secondary N) is 1. The second-order valence-electron chi connectivity index (χ2n) is 9.54. The average Bonchev–Trinajstić information content (AvgIpc) is 3.49. The van der Waals surface area contributed by atoms with Gasteiger partial charge in [0.15, 0.2) is 5.82 Å². The van der Waals surface area contributed by atoms with Crippen molar-refractivity contribution in [2.24, 2.45) is 0 Å². The maximum atomic E-state index is 13.3. The van der Waals surface area contributed by atoms with Crippen LogP contribution >= 0.6 is 0 Å². The Balaban J connectivity index is 1.29. The van der Waals surface area contributed by atoms with Crippen molar-refractivity contribution in [2.75, 3.05) is 9.62 Å². The second kappa shape index (κ2) is 9.82. The Labute approximate surface area is 216 Å². The van der Waals surface area contributed by atoms with E-state index in [1.54, 1.807) is 48.5 Å². The molecule has 1 aliphatic rings. The topological polar surface area (TPSA) is 105 Å². The van der Waals surface area contributed by atoms with Gasteiger partial charge >= 0.3 is 0 Å². The highest BCUT2D eigenvalue weighted by Crippen LogP contribution is 2.37. The lowest BCUT2D eigenvalue weighted by Gasteiger charge is -2.24. The standard InChI is InChI=1S/C28H28N4O4S/c1-18(2)28-30-26(31-36-28)16-20-9-12-23(13-10-20)29-27(33)21-11-14-25-22(17-21)15-19(3)32(25)37(34,35)24-7-5-4-6-8-24/h4-14,17-19H,15-16H2,1-3H3,(H,29,33). The lowest BCUT2D eigenvalue weighted by Crippen LogP contribution is -2.35. The van der Waals surface area contributed by atoms with E-state index in [1.807, 2.05) is 45.0 Å². The molecule has 1 aliphatic heterocycles. The fourth-order valence-electron chi connectivity index (χ4n) is 4.48. The number of hydrogen-bond acceptors (Lipinski definition) is 6. The number of sulfonamides is 1. The molecule has 190 valence electrons. The number of aromatic nitrogens is 2. The lowest BCUT2D eigenvalue weighted by atomic mass is 10.1. The summed E-state index contributed by atoms with van der Waals surface area (Å²) < 4.78 is 33.3. The van der Waals surface area contributed by atoms with E-state index >= 15 is 0 Å². The van der Waals surface area contributed by atoms with Crippen LogP contribution in [0.3, 0.4) is 0 Å². The highest BCUT2D eigenvalue weighted by Gasteiger charge is 2.36. The highest BCUT2D eigenvalue weighted by atomic mass is 32.2. The van der Waals surface area contributed by atoms with Gasteiger partial charge in [0.25, 0.3) is 15.9 Å². The first kappa shape index (κ1) is 24.7. The number of fused-ring (bicyclic) bond motifs is 1. The highest BCUT2D eigenvalue weighted by molar-refractivity contribution is 7.92. The molecule has 4 aromatic rings. The zero-order valence-corrected chi connectivity index (χ0v) is 21.7. The molecule has 37 heavy (non-hydrogen) atoms. The summed E-state index contributed by atoms with van der Waals surface area (Å²) in [5.74, 6) is 1.16. The first-order chi connectivity index (χ1) is 17.7. The SMILES string of the molecule is CC(C)c1nc(Cc2ccc(NC(=O)c3ccc4c(c3)CC(C)N4S(=O)(=O)c3ccccc3)cc2)no1. The molecule has 1 atom stereocenters. The van der Waals surface area contributed by atoms with Crippen molar-refractivity contribution in [3.63, 3.8) is 0 Å². The zero-order valence-electron chi connectivity index (χ0n) is 20.9. The molecule has 0 saturated carbocycles. The van der Waals surface area contributed by atoms with Crippen LogP contribution in [0.1, 0.15) is 59.9 Å². The number of amides is 1. The van der Waals surface area contributed by atoms with Crippen LogP contribution in [-0.4, -0.2) is 30.5 Å². The van der Waals surface area contributed by atoms with Gasteiger partial charge < -0.3 is 9.84 Å². The molecule has 0 saturated heterocycles. The van der Waals surface area contributed by atoms with E-state index in [1.165, 1.54) is 4.31 Å². The summed E-state index contributed by atoms with van der Waals surface area (Å²) in [5, 5.41) is 6.94. The molecule has 1 N–H and O–H groups in total. The number of nitrogens with zero attached hydrogens (tertiary/aromatic N) is 3. The van der Waals surface area contributed by atoms with Crippen LogP contribution in [0.2, 0.25) is 0 Å². The van der Waals surface area contributed by atoms with E-state index in [9.17, 15) is 13.2 Å². The predicted molar refractivity (Wildman–Crippen MR) is 141 cm³/mol. The Bertz CT molecular complexity index is 1530. The van der Waals surface area contributed by atoms with Gasteiger partial charge in [-0.05, 0) is 66.9 Å². The lowest BCUT2D eigenvalue weighted by molar-refractivity contribution is 0.102. The van der Waals surface area contributed by atoms with Crippen LogP contribution in [0.25, 0.3) is 0 Å². The van der Waals surface area contributed by atoms with Crippen molar-refractivity contribution in [1.29, 1.82) is 0 Å². The van der Waals surface area contributed by atoms with Gasteiger partial charge in [0.2, 0.25) is 5.89 Å². The molecular weight excluding hydrogens is 488 g/mol. The molecule has 8 nitrogen and oxygen atoms in total. The van der Waals surface area contributed by atoms with Gasteiger partial charge in [-0.3, -0.25) is 9.10 Å². The maximum Gasteiger partial charge on any atom is 0.264 e. The molecule has 0 bridgehead atoms. The largest absolute Gasteiger partial charge is 0.339 e. The smallest absolute Gasteiger partial charge is 0.264 e. The summed E-state index contributed by atoms with van der Waals surface area (Å²) in [6.07, 6.45) is 1.07. The average molecular weight is 517 g/mol. The van der Waals surface area contributed by atoms with Gasteiger partial charge in [-0.1, -0.05) is 49.3 Å². The van der Waals surface area contributed by atoms with E-state index in [0.29, 0.717) is 41.5 Å². The molecule has 0 radical (unpaired) electrons. The third-order valence-electron chi connectivity index (χ3n) is 6.35. The minimum absolute atomic E-state index is 0.178. The summed E-state index contributed by atoms with van der Waals surface area (Å²) >= 11 is 0. The quantitative estimate of drug-likeness (QED) is 0.363. The first-order valence-electron chi connectivity index (χ1n) is 12.2. The monoisotopic (exact) mass is 516 g/mol. The molecule has 0 spiro atoms. The van der Waals surface area contributed by atoms with E-state index < -0.39 is 10.0 Å². The molecule has 1 amide bonds. The fourth-order valence-corrected chi connectivity index (χ4v) is 6.20. The molecule has 0 fully saturated rings. The Kier molecular flexibility index (Phi) is 6.55. The Hall–Kier alpha value is -3.98. The van der Waals surface area contributed by atoms with Crippen LogP contribution < -0.4 is 9.62 Å².